The highest BCUT2D eigenvalue weighted by molar-refractivity contribution is 7.99. The molecule has 2 heterocycles. The number of H-pyrrole nitrogens is 1. The zero-order valence-electron chi connectivity index (χ0n) is 8.59. The number of aromatic amines is 1. The molecule has 0 unspecified atom stereocenters. The first-order chi connectivity index (χ1) is 8.34. The number of nitrogens with one attached hydrogen (secondary N) is 1. The minimum absolute atomic E-state index is 0.260. The van der Waals surface area contributed by atoms with Gasteiger partial charge in [0.15, 0.2) is 5.65 Å². The van der Waals surface area contributed by atoms with Crippen LogP contribution in [-0.4, -0.2) is 19.9 Å². The SMILES string of the molecule is Fc1ccccc1Sc1ncnc2nc[nH]c12. The van der Waals surface area contributed by atoms with Gasteiger partial charge in [-0.3, -0.25) is 0 Å². The van der Waals surface area contributed by atoms with Crippen LogP contribution in [0.25, 0.3) is 11.2 Å². The molecule has 3 rings (SSSR count). The van der Waals surface area contributed by atoms with Gasteiger partial charge < -0.3 is 4.98 Å². The van der Waals surface area contributed by atoms with Crippen molar-refractivity contribution < 1.29 is 4.39 Å². The molecule has 0 aliphatic carbocycles. The Kier molecular flexibility index (Phi) is 2.49. The molecule has 0 amide bonds. The lowest BCUT2D eigenvalue weighted by atomic mass is 10.3. The van der Waals surface area contributed by atoms with Crippen LogP contribution in [0.4, 0.5) is 4.39 Å². The van der Waals surface area contributed by atoms with Gasteiger partial charge in [0.05, 0.1) is 6.33 Å². The van der Waals surface area contributed by atoms with Crippen LogP contribution in [0.1, 0.15) is 0 Å². The van der Waals surface area contributed by atoms with Crippen LogP contribution >= 0.6 is 11.8 Å². The molecule has 3 aromatic rings. The highest BCUT2D eigenvalue weighted by atomic mass is 32.2. The quantitative estimate of drug-likeness (QED) is 0.706. The Morgan fingerprint density at radius 2 is 2.00 bits per heavy atom. The number of fused-ring (bicyclic) bond motifs is 1. The molecule has 1 aromatic carbocycles. The first kappa shape index (κ1) is 10.2. The smallest absolute Gasteiger partial charge is 0.181 e. The highest BCUT2D eigenvalue weighted by Crippen LogP contribution is 2.30. The van der Waals surface area contributed by atoms with Gasteiger partial charge in [-0.2, -0.15) is 0 Å². The van der Waals surface area contributed by atoms with Crippen LogP contribution < -0.4 is 0 Å². The number of hydrogen-bond acceptors (Lipinski definition) is 4. The topological polar surface area (TPSA) is 54.5 Å². The number of halogens is 1. The monoisotopic (exact) mass is 246 g/mol. The predicted molar refractivity (Wildman–Crippen MR) is 62.2 cm³/mol. The summed E-state index contributed by atoms with van der Waals surface area (Å²) in [6, 6.07) is 6.58. The molecule has 4 nitrogen and oxygen atoms in total. The van der Waals surface area contributed by atoms with Gasteiger partial charge >= 0.3 is 0 Å². The fourth-order valence-electron chi connectivity index (χ4n) is 1.45. The molecule has 1 N–H and O–H groups in total. The maximum absolute atomic E-state index is 13.5. The summed E-state index contributed by atoms with van der Waals surface area (Å²) in [5.41, 5.74) is 1.31. The number of benzene rings is 1. The lowest BCUT2D eigenvalue weighted by Gasteiger charge is -2.02. The summed E-state index contributed by atoms with van der Waals surface area (Å²) in [5.74, 6) is -0.260. The van der Waals surface area contributed by atoms with E-state index in [0.717, 1.165) is 5.52 Å². The van der Waals surface area contributed by atoms with Crippen LogP contribution in [-0.2, 0) is 0 Å². The third-order valence-corrected chi connectivity index (χ3v) is 3.29. The second-order valence-electron chi connectivity index (χ2n) is 3.31. The molecule has 0 atom stereocenters. The van der Waals surface area contributed by atoms with Crippen LogP contribution in [0.5, 0.6) is 0 Å². The Bertz CT molecular complexity index is 667. The Morgan fingerprint density at radius 3 is 2.88 bits per heavy atom. The Hall–Kier alpha value is -1.95. The van der Waals surface area contributed by atoms with Crippen molar-refractivity contribution in [3.63, 3.8) is 0 Å². The third-order valence-electron chi connectivity index (χ3n) is 2.23. The van der Waals surface area contributed by atoms with E-state index >= 15 is 0 Å². The predicted octanol–water partition coefficient (Wildman–Crippen LogP) is 2.64. The summed E-state index contributed by atoms with van der Waals surface area (Å²) in [5, 5.41) is 0.664. The lowest BCUT2D eigenvalue weighted by Crippen LogP contribution is -1.87. The van der Waals surface area contributed by atoms with Gasteiger partial charge in [-0.25, -0.2) is 19.3 Å². The van der Waals surface area contributed by atoms with Crippen molar-refractivity contribution in [3.8, 4) is 0 Å². The Labute approximate surface area is 100 Å². The summed E-state index contributed by atoms with van der Waals surface area (Å²) in [6.07, 6.45) is 2.97. The van der Waals surface area contributed by atoms with Crippen LogP contribution in [0.15, 0.2) is 46.8 Å². The largest absolute Gasteiger partial charge is 0.341 e. The molecule has 0 fully saturated rings. The summed E-state index contributed by atoms with van der Waals surface area (Å²) in [4.78, 5) is 15.6. The van der Waals surface area contributed by atoms with E-state index in [1.54, 1.807) is 24.5 Å². The summed E-state index contributed by atoms with van der Waals surface area (Å²) < 4.78 is 13.5. The molecular weight excluding hydrogens is 239 g/mol. The normalized spacial score (nSPS) is 10.9. The molecule has 2 aromatic heterocycles. The Balaban J connectivity index is 2.06. The molecule has 17 heavy (non-hydrogen) atoms. The molecule has 84 valence electrons. The van der Waals surface area contributed by atoms with Crippen LogP contribution in [0, 0.1) is 5.82 Å². The van der Waals surface area contributed by atoms with Gasteiger partial charge in [-0.1, -0.05) is 23.9 Å². The first-order valence-corrected chi connectivity index (χ1v) is 5.73. The van der Waals surface area contributed by atoms with Gasteiger partial charge in [0.2, 0.25) is 0 Å². The molecule has 0 spiro atoms. The minimum atomic E-state index is -0.260. The number of nitrogens with zero attached hydrogens (tertiary/aromatic N) is 3. The van der Waals surface area contributed by atoms with Crippen molar-refractivity contribution in [2.24, 2.45) is 0 Å². The second-order valence-corrected chi connectivity index (χ2v) is 4.34. The van der Waals surface area contributed by atoms with Crippen LogP contribution in [0.2, 0.25) is 0 Å². The average Bonchev–Trinajstić information content (AvgIpc) is 2.81. The van der Waals surface area contributed by atoms with E-state index in [4.69, 9.17) is 0 Å². The zero-order chi connectivity index (χ0) is 11.7. The first-order valence-electron chi connectivity index (χ1n) is 4.91. The van der Waals surface area contributed by atoms with Crippen molar-refractivity contribution in [1.29, 1.82) is 0 Å². The van der Waals surface area contributed by atoms with Gasteiger partial charge in [0, 0.05) is 4.90 Å². The van der Waals surface area contributed by atoms with Crippen molar-refractivity contribution in [1.82, 2.24) is 19.9 Å². The molecule has 0 aliphatic rings. The maximum Gasteiger partial charge on any atom is 0.181 e. The summed E-state index contributed by atoms with van der Waals surface area (Å²) in [6.45, 7) is 0. The number of aromatic nitrogens is 4. The van der Waals surface area contributed by atoms with E-state index in [1.807, 2.05) is 0 Å². The van der Waals surface area contributed by atoms with Crippen molar-refractivity contribution in [3.05, 3.63) is 42.7 Å². The molecular formula is C11H7FN4S. The maximum atomic E-state index is 13.5. The molecule has 0 bridgehead atoms. The zero-order valence-corrected chi connectivity index (χ0v) is 9.41. The fourth-order valence-corrected chi connectivity index (χ4v) is 2.32. The van der Waals surface area contributed by atoms with Gasteiger partial charge in [-0.05, 0) is 12.1 Å². The van der Waals surface area contributed by atoms with Crippen LogP contribution in [0.3, 0.4) is 0 Å². The summed E-state index contributed by atoms with van der Waals surface area (Å²) in [7, 11) is 0. The van der Waals surface area contributed by atoms with Gasteiger partial charge in [0.25, 0.3) is 0 Å². The second kappa shape index (κ2) is 4.14. The van der Waals surface area contributed by atoms with Gasteiger partial charge in [0.1, 0.15) is 22.7 Å². The molecule has 0 radical (unpaired) electrons. The number of rotatable bonds is 2. The Morgan fingerprint density at radius 1 is 1.12 bits per heavy atom. The summed E-state index contributed by atoms with van der Waals surface area (Å²) >= 11 is 1.25. The third kappa shape index (κ3) is 1.87. The molecule has 0 aliphatic heterocycles. The molecule has 0 saturated heterocycles. The highest BCUT2D eigenvalue weighted by Gasteiger charge is 2.09. The standard InChI is InChI=1S/C11H7FN4S/c12-7-3-1-2-4-8(7)17-11-9-10(14-5-13-9)15-6-16-11/h1-6H,(H,13,14,15,16). The van der Waals surface area contributed by atoms with E-state index < -0.39 is 0 Å². The minimum Gasteiger partial charge on any atom is -0.341 e. The number of hydrogen-bond donors (Lipinski definition) is 1. The van der Waals surface area contributed by atoms with E-state index in [2.05, 4.69) is 19.9 Å². The van der Waals surface area contributed by atoms with Crippen molar-refractivity contribution in [2.75, 3.05) is 0 Å². The lowest BCUT2D eigenvalue weighted by molar-refractivity contribution is 0.602. The van der Waals surface area contributed by atoms with Crippen molar-refractivity contribution in [2.45, 2.75) is 9.92 Å². The van der Waals surface area contributed by atoms with E-state index in [1.165, 1.54) is 24.2 Å². The van der Waals surface area contributed by atoms with Crippen molar-refractivity contribution >= 4 is 22.9 Å². The fraction of sp³-hybridized carbons (Fsp3) is 0. The van der Waals surface area contributed by atoms with E-state index in [-0.39, 0.29) is 5.82 Å². The van der Waals surface area contributed by atoms with E-state index in [9.17, 15) is 4.39 Å². The molecule has 0 saturated carbocycles. The number of imidazole rings is 1. The van der Waals surface area contributed by atoms with Gasteiger partial charge in [-0.15, -0.1) is 0 Å². The average molecular weight is 246 g/mol. The molecule has 6 heteroatoms. The van der Waals surface area contributed by atoms with E-state index in [0.29, 0.717) is 15.6 Å².